The van der Waals surface area contributed by atoms with Crippen LogP contribution < -0.4 is 4.74 Å². The molecule has 0 unspecified atom stereocenters. The van der Waals surface area contributed by atoms with Gasteiger partial charge in [0, 0.05) is 22.9 Å². The van der Waals surface area contributed by atoms with Gasteiger partial charge >= 0.3 is 5.97 Å². The molecule has 27 heavy (non-hydrogen) atoms. The molecule has 0 spiro atoms. The summed E-state index contributed by atoms with van der Waals surface area (Å²) in [5.74, 6) is 1.08. The number of imidazole rings is 1. The van der Waals surface area contributed by atoms with Gasteiger partial charge in [0.05, 0.1) is 19.8 Å². The first kappa shape index (κ1) is 16.8. The number of para-hydroxylation sites is 1. The summed E-state index contributed by atoms with van der Waals surface area (Å²) in [6, 6.07) is 16.8. The predicted octanol–water partition coefficient (Wildman–Crippen LogP) is 4.09. The molecule has 0 aliphatic heterocycles. The van der Waals surface area contributed by atoms with Crippen LogP contribution in [0.3, 0.4) is 0 Å². The van der Waals surface area contributed by atoms with Gasteiger partial charge in [-0.1, -0.05) is 30.3 Å². The van der Waals surface area contributed by atoms with Crippen molar-refractivity contribution < 1.29 is 14.3 Å². The molecule has 0 saturated carbocycles. The third-order valence-corrected chi connectivity index (χ3v) is 4.36. The molecule has 0 aliphatic carbocycles. The molecule has 0 bridgehead atoms. The fourth-order valence-electron chi connectivity index (χ4n) is 3.01. The summed E-state index contributed by atoms with van der Waals surface area (Å²) in [7, 11) is 3.01. The van der Waals surface area contributed by atoms with Crippen molar-refractivity contribution in [1.29, 1.82) is 0 Å². The molecule has 2 aromatic carbocycles. The summed E-state index contributed by atoms with van der Waals surface area (Å²) in [5, 5.41) is 0. The zero-order valence-corrected chi connectivity index (χ0v) is 14.9. The summed E-state index contributed by atoms with van der Waals surface area (Å²) in [5.41, 5.74) is 4.67. The molecular formula is C21H17N3O3. The number of hydrogen-bond acceptors (Lipinski definition) is 5. The molecule has 2 aromatic heterocycles. The highest BCUT2D eigenvalue weighted by molar-refractivity contribution is 5.93. The number of carbonyl (C=O) groups is 1. The van der Waals surface area contributed by atoms with Crippen LogP contribution in [0.15, 0.2) is 60.8 Å². The van der Waals surface area contributed by atoms with Crippen molar-refractivity contribution in [2.75, 3.05) is 14.2 Å². The predicted molar refractivity (Wildman–Crippen MR) is 103 cm³/mol. The highest BCUT2D eigenvalue weighted by Gasteiger charge is 2.14. The Kier molecular flexibility index (Phi) is 4.30. The Bertz CT molecular complexity index is 1120. The van der Waals surface area contributed by atoms with Crippen LogP contribution in [0.2, 0.25) is 0 Å². The maximum absolute atomic E-state index is 11.6. The molecule has 6 heteroatoms. The number of ether oxygens (including phenoxy) is 2. The lowest BCUT2D eigenvalue weighted by Crippen LogP contribution is -2.00. The van der Waals surface area contributed by atoms with E-state index in [2.05, 4.69) is 9.97 Å². The minimum atomic E-state index is -0.369. The number of pyridine rings is 1. The van der Waals surface area contributed by atoms with E-state index in [1.165, 1.54) is 7.11 Å². The second-order valence-electron chi connectivity index (χ2n) is 5.91. The summed E-state index contributed by atoms with van der Waals surface area (Å²) >= 11 is 0. The molecular weight excluding hydrogens is 342 g/mol. The van der Waals surface area contributed by atoms with Gasteiger partial charge in [-0.15, -0.1) is 0 Å². The number of nitrogens with zero attached hydrogens (tertiary/aromatic N) is 2. The monoisotopic (exact) mass is 359 g/mol. The van der Waals surface area contributed by atoms with E-state index in [1.54, 1.807) is 25.4 Å². The van der Waals surface area contributed by atoms with Crippen LogP contribution in [0, 0.1) is 0 Å². The van der Waals surface area contributed by atoms with Gasteiger partial charge < -0.3 is 14.5 Å². The maximum Gasteiger partial charge on any atom is 0.337 e. The summed E-state index contributed by atoms with van der Waals surface area (Å²) in [6.07, 6.45) is 1.74. The second kappa shape index (κ2) is 6.92. The molecule has 0 fully saturated rings. The molecule has 0 aliphatic rings. The van der Waals surface area contributed by atoms with Crippen LogP contribution in [0.4, 0.5) is 0 Å². The number of hydrogen-bond donors (Lipinski definition) is 1. The average molecular weight is 359 g/mol. The Morgan fingerprint density at radius 3 is 2.48 bits per heavy atom. The molecule has 0 amide bonds. The van der Waals surface area contributed by atoms with Crippen LogP contribution in [-0.4, -0.2) is 35.1 Å². The average Bonchev–Trinajstić information content (AvgIpc) is 3.17. The Balaban J connectivity index is 1.80. The maximum atomic E-state index is 11.6. The van der Waals surface area contributed by atoms with Crippen molar-refractivity contribution in [2.24, 2.45) is 0 Å². The van der Waals surface area contributed by atoms with Gasteiger partial charge in [0.1, 0.15) is 17.1 Å². The standard InChI is InChI=1S/C21H17N3O3/c1-26-17-6-4-3-5-15(17)16-11-12-22-20-18(16)23-19(24-20)13-7-9-14(10-8-13)21(25)27-2/h3-12H,1-2H3,(H,22,23,24). The van der Waals surface area contributed by atoms with Crippen molar-refractivity contribution in [3.63, 3.8) is 0 Å². The number of rotatable bonds is 4. The minimum absolute atomic E-state index is 0.369. The molecule has 0 saturated heterocycles. The van der Waals surface area contributed by atoms with Crippen molar-refractivity contribution in [3.8, 4) is 28.3 Å². The first-order chi connectivity index (χ1) is 13.2. The number of benzene rings is 2. The molecule has 0 atom stereocenters. The Morgan fingerprint density at radius 1 is 0.963 bits per heavy atom. The van der Waals surface area contributed by atoms with Crippen LogP contribution >= 0.6 is 0 Å². The number of aromatic nitrogens is 3. The highest BCUT2D eigenvalue weighted by Crippen LogP contribution is 2.34. The van der Waals surface area contributed by atoms with Crippen LogP contribution in [0.1, 0.15) is 10.4 Å². The van der Waals surface area contributed by atoms with Gasteiger partial charge in [0.15, 0.2) is 5.65 Å². The number of carbonyl (C=O) groups excluding carboxylic acids is 1. The normalized spacial score (nSPS) is 10.7. The highest BCUT2D eigenvalue weighted by atomic mass is 16.5. The quantitative estimate of drug-likeness (QED) is 0.556. The summed E-state index contributed by atoms with van der Waals surface area (Å²) < 4.78 is 10.2. The molecule has 134 valence electrons. The lowest BCUT2D eigenvalue weighted by atomic mass is 10.1. The Morgan fingerprint density at radius 2 is 1.74 bits per heavy atom. The van der Waals surface area contributed by atoms with Crippen molar-refractivity contribution in [2.45, 2.75) is 0 Å². The molecule has 4 aromatic rings. The summed E-state index contributed by atoms with van der Waals surface area (Å²) in [6.45, 7) is 0. The topological polar surface area (TPSA) is 77.1 Å². The van der Waals surface area contributed by atoms with Gasteiger partial charge in [-0.2, -0.15) is 0 Å². The Hall–Kier alpha value is -3.67. The van der Waals surface area contributed by atoms with Crippen LogP contribution in [-0.2, 0) is 4.74 Å². The van der Waals surface area contributed by atoms with Crippen molar-refractivity contribution in [3.05, 3.63) is 66.4 Å². The van der Waals surface area contributed by atoms with Crippen molar-refractivity contribution in [1.82, 2.24) is 15.0 Å². The largest absolute Gasteiger partial charge is 0.496 e. The molecule has 2 heterocycles. The molecule has 6 nitrogen and oxygen atoms in total. The number of aromatic amines is 1. The molecule has 4 rings (SSSR count). The lowest BCUT2D eigenvalue weighted by molar-refractivity contribution is 0.0601. The van der Waals surface area contributed by atoms with Gasteiger partial charge in [0.25, 0.3) is 0 Å². The van der Waals surface area contributed by atoms with Gasteiger partial charge in [-0.05, 0) is 24.3 Å². The number of esters is 1. The zero-order chi connectivity index (χ0) is 18.8. The lowest BCUT2D eigenvalue weighted by Gasteiger charge is -2.08. The zero-order valence-electron chi connectivity index (χ0n) is 14.9. The van der Waals surface area contributed by atoms with E-state index >= 15 is 0 Å². The van der Waals surface area contributed by atoms with E-state index in [9.17, 15) is 4.79 Å². The number of fused-ring (bicyclic) bond motifs is 1. The first-order valence-electron chi connectivity index (χ1n) is 8.38. The SMILES string of the molecule is COC(=O)c1ccc(-c2nc3c(-c4ccccc4OC)ccnc3[nH]2)cc1. The fraction of sp³-hybridized carbons (Fsp3) is 0.0952. The fourth-order valence-corrected chi connectivity index (χ4v) is 3.01. The van der Waals surface area contributed by atoms with E-state index in [4.69, 9.17) is 14.5 Å². The Labute approximate surface area is 155 Å². The van der Waals surface area contributed by atoms with E-state index in [1.807, 2.05) is 42.5 Å². The summed E-state index contributed by atoms with van der Waals surface area (Å²) in [4.78, 5) is 24.0. The minimum Gasteiger partial charge on any atom is -0.496 e. The van der Waals surface area contributed by atoms with E-state index in [0.717, 1.165) is 28.0 Å². The van der Waals surface area contributed by atoms with Crippen LogP contribution in [0.5, 0.6) is 5.75 Å². The van der Waals surface area contributed by atoms with Gasteiger partial charge in [-0.3, -0.25) is 0 Å². The van der Waals surface area contributed by atoms with E-state index in [0.29, 0.717) is 17.0 Å². The first-order valence-corrected chi connectivity index (χ1v) is 8.38. The van der Waals surface area contributed by atoms with Gasteiger partial charge in [0.2, 0.25) is 0 Å². The van der Waals surface area contributed by atoms with E-state index < -0.39 is 0 Å². The number of H-pyrrole nitrogens is 1. The second-order valence-corrected chi connectivity index (χ2v) is 5.91. The van der Waals surface area contributed by atoms with Crippen LogP contribution in [0.25, 0.3) is 33.7 Å². The third-order valence-electron chi connectivity index (χ3n) is 4.36. The van der Waals surface area contributed by atoms with E-state index in [-0.39, 0.29) is 5.97 Å². The number of methoxy groups -OCH3 is 2. The third kappa shape index (κ3) is 3.01. The van der Waals surface area contributed by atoms with Gasteiger partial charge in [-0.25, -0.2) is 14.8 Å². The van der Waals surface area contributed by atoms with Crippen molar-refractivity contribution >= 4 is 17.1 Å². The molecule has 1 N–H and O–H groups in total. The number of nitrogens with one attached hydrogen (secondary N) is 1. The smallest absolute Gasteiger partial charge is 0.337 e. The molecule has 0 radical (unpaired) electrons.